The summed E-state index contributed by atoms with van der Waals surface area (Å²) in [6, 6.07) is 19.4. The molecule has 0 unspecified atom stereocenters. The summed E-state index contributed by atoms with van der Waals surface area (Å²) in [4.78, 5) is 10.5. The molecule has 0 N–H and O–H groups in total. The lowest BCUT2D eigenvalue weighted by atomic mass is 10.1. The van der Waals surface area contributed by atoms with Crippen molar-refractivity contribution in [2.45, 2.75) is 26.4 Å². The van der Waals surface area contributed by atoms with Gasteiger partial charge in [0.15, 0.2) is 0 Å². The summed E-state index contributed by atoms with van der Waals surface area (Å²) >= 11 is 0. The number of hydrogen-bond acceptors (Lipinski definition) is 6. The van der Waals surface area contributed by atoms with Crippen molar-refractivity contribution < 1.29 is 36.7 Å². The van der Waals surface area contributed by atoms with Crippen LogP contribution < -0.4 is 9.47 Å². The van der Waals surface area contributed by atoms with Crippen molar-refractivity contribution in [1.82, 2.24) is 0 Å². The summed E-state index contributed by atoms with van der Waals surface area (Å²) in [6.07, 6.45) is 2.93. The molecule has 10 heteroatoms. The SMILES string of the molecule is FC(F)Oc1ccc(/C=N/OCc2ccc(CO/N=C/c3ccc(OC(F)F)cc3)cc2)cc1. The molecule has 0 fully saturated rings. The van der Waals surface area contributed by atoms with Crippen molar-refractivity contribution in [1.29, 1.82) is 0 Å². The van der Waals surface area contributed by atoms with Gasteiger partial charge in [0.05, 0.1) is 12.4 Å². The number of benzene rings is 3. The third-order valence-corrected chi connectivity index (χ3v) is 4.25. The van der Waals surface area contributed by atoms with Gasteiger partial charge < -0.3 is 19.1 Å². The second-order valence-corrected chi connectivity index (χ2v) is 6.73. The molecule has 6 nitrogen and oxygen atoms in total. The molecule has 34 heavy (non-hydrogen) atoms. The third kappa shape index (κ3) is 8.81. The Kier molecular flexibility index (Phi) is 9.27. The molecule has 0 aliphatic heterocycles. The van der Waals surface area contributed by atoms with Crippen LogP contribution in [-0.2, 0) is 22.9 Å². The van der Waals surface area contributed by atoms with E-state index in [1.807, 2.05) is 24.3 Å². The highest BCUT2D eigenvalue weighted by atomic mass is 19.3. The van der Waals surface area contributed by atoms with Crippen molar-refractivity contribution >= 4 is 12.4 Å². The maximum Gasteiger partial charge on any atom is 0.387 e. The predicted molar refractivity (Wildman–Crippen MR) is 117 cm³/mol. The summed E-state index contributed by atoms with van der Waals surface area (Å²) < 4.78 is 57.1. The molecule has 3 aromatic carbocycles. The van der Waals surface area contributed by atoms with Crippen LogP contribution >= 0.6 is 0 Å². The van der Waals surface area contributed by atoms with Crippen molar-refractivity contribution in [2.24, 2.45) is 10.3 Å². The van der Waals surface area contributed by atoms with Gasteiger partial charge in [0, 0.05) is 0 Å². The van der Waals surface area contributed by atoms with Gasteiger partial charge in [-0.15, -0.1) is 0 Å². The van der Waals surface area contributed by atoms with Crippen molar-refractivity contribution in [3.63, 3.8) is 0 Å². The molecule has 0 saturated heterocycles. The zero-order chi connectivity index (χ0) is 24.2. The van der Waals surface area contributed by atoms with Gasteiger partial charge in [-0.25, -0.2) is 0 Å². The maximum atomic E-state index is 12.1. The quantitative estimate of drug-likeness (QED) is 0.183. The Bertz CT molecular complexity index is 971. The number of nitrogens with zero attached hydrogens (tertiary/aromatic N) is 2. The molecule has 3 aromatic rings. The first-order chi connectivity index (χ1) is 16.5. The Morgan fingerprint density at radius 1 is 0.559 bits per heavy atom. The summed E-state index contributed by atoms with van der Waals surface area (Å²) in [5, 5.41) is 7.71. The minimum absolute atomic E-state index is 0.0687. The highest BCUT2D eigenvalue weighted by Crippen LogP contribution is 2.15. The van der Waals surface area contributed by atoms with E-state index in [1.165, 1.54) is 36.7 Å². The fourth-order valence-electron chi connectivity index (χ4n) is 2.62. The molecule has 0 aliphatic rings. The van der Waals surface area contributed by atoms with Crippen LogP contribution in [0.5, 0.6) is 11.5 Å². The molecule has 0 radical (unpaired) electrons. The number of ether oxygens (including phenoxy) is 2. The Morgan fingerprint density at radius 3 is 1.24 bits per heavy atom. The summed E-state index contributed by atoms with van der Waals surface area (Å²) in [6.45, 7) is -5.24. The monoisotopic (exact) mass is 476 g/mol. The average Bonchev–Trinajstić information content (AvgIpc) is 2.82. The number of oxime groups is 2. The first-order valence-electron chi connectivity index (χ1n) is 9.96. The Balaban J connectivity index is 1.37. The Hall–Kier alpha value is -4.08. The van der Waals surface area contributed by atoms with E-state index in [9.17, 15) is 17.6 Å². The number of rotatable bonds is 12. The van der Waals surface area contributed by atoms with E-state index in [1.54, 1.807) is 24.3 Å². The van der Waals surface area contributed by atoms with E-state index in [-0.39, 0.29) is 24.7 Å². The van der Waals surface area contributed by atoms with Gasteiger partial charge in [-0.3, -0.25) is 0 Å². The van der Waals surface area contributed by atoms with Crippen LogP contribution in [0.15, 0.2) is 83.1 Å². The van der Waals surface area contributed by atoms with Gasteiger partial charge in [0.1, 0.15) is 24.7 Å². The standard InChI is InChI=1S/C24H20F4N2O4/c25-23(26)33-21-9-5-17(6-10-21)13-29-31-15-19-1-2-20(4-3-19)16-32-30-14-18-7-11-22(12-8-18)34-24(27)28/h1-14,23-24H,15-16H2/b29-13+,30-14+. The second-order valence-electron chi connectivity index (χ2n) is 6.73. The lowest BCUT2D eigenvalue weighted by molar-refractivity contribution is -0.0505. The summed E-state index contributed by atoms with van der Waals surface area (Å²) in [7, 11) is 0. The van der Waals surface area contributed by atoms with Gasteiger partial charge in [-0.05, 0) is 70.8 Å². The number of alkyl halides is 4. The summed E-state index contributed by atoms with van der Waals surface area (Å²) in [5.41, 5.74) is 3.12. The summed E-state index contributed by atoms with van der Waals surface area (Å²) in [5.74, 6) is 0.137. The van der Waals surface area contributed by atoms with Crippen LogP contribution in [0, 0.1) is 0 Å². The van der Waals surface area contributed by atoms with Gasteiger partial charge in [0.2, 0.25) is 0 Å². The molecule has 0 saturated carbocycles. The largest absolute Gasteiger partial charge is 0.435 e. The number of hydrogen-bond donors (Lipinski definition) is 0. The van der Waals surface area contributed by atoms with E-state index < -0.39 is 13.2 Å². The average molecular weight is 476 g/mol. The molecule has 3 rings (SSSR count). The normalized spacial score (nSPS) is 11.5. The van der Waals surface area contributed by atoms with Crippen LogP contribution in [0.4, 0.5) is 17.6 Å². The Labute approximate surface area is 193 Å². The van der Waals surface area contributed by atoms with E-state index in [2.05, 4.69) is 19.8 Å². The highest BCUT2D eigenvalue weighted by Gasteiger charge is 2.04. The van der Waals surface area contributed by atoms with Crippen molar-refractivity contribution in [3.8, 4) is 11.5 Å². The molecule has 178 valence electrons. The lowest BCUT2D eigenvalue weighted by Crippen LogP contribution is -2.01. The molecule has 0 aromatic heterocycles. The van der Waals surface area contributed by atoms with Gasteiger partial charge in [-0.2, -0.15) is 17.6 Å². The topological polar surface area (TPSA) is 61.6 Å². The van der Waals surface area contributed by atoms with Gasteiger partial charge >= 0.3 is 13.2 Å². The van der Waals surface area contributed by atoms with Crippen LogP contribution in [0.1, 0.15) is 22.3 Å². The minimum Gasteiger partial charge on any atom is -0.435 e. The van der Waals surface area contributed by atoms with Crippen LogP contribution in [0.2, 0.25) is 0 Å². The molecule has 0 atom stereocenters. The fraction of sp³-hybridized carbons (Fsp3) is 0.167. The van der Waals surface area contributed by atoms with Crippen LogP contribution in [-0.4, -0.2) is 25.7 Å². The lowest BCUT2D eigenvalue weighted by Gasteiger charge is -2.04. The maximum absolute atomic E-state index is 12.1. The third-order valence-electron chi connectivity index (χ3n) is 4.25. The van der Waals surface area contributed by atoms with Crippen LogP contribution in [0.3, 0.4) is 0 Å². The van der Waals surface area contributed by atoms with E-state index >= 15 is 0 Å². The molecule has 0 amide bonds. The van der Waals surface area contributed by atoms with Gasteiger partial charge in [0.25, 0.3) is 0 Å². The zero-order valence-electron chi connectivity index (χ0n) is 17.7. The smallest absolute Gasteiger partial charge is 0.387 e. The molecular weight excluding hydrogens is 456 g/mol. The first kappa shape index (κ1) is 24.6. The van der Waals surface area contributed by atoms with Gasteiger partial charge in [-0.1, -0.05) is 34.6 Å². The molecular formula is C24H20F4N2O4. The van der Waals surface area contributed by atoms with E-state index in [0.29, 0.717) is 11.1 Å². The zero-order valence-corrected chi connectivity index (χ0v) is 17.7. The van der Waals surface area contributed by atoms with E-state index in [4.69, 9.17) is 9.68 Å². The first-order valence-corrected chi connectivity index (χ1v) is 9.96. The highest BCUT2D eigenvalue weighted by molar-refractivity contribution is 5.79. The molecule has 0 heterocycles. The van der Waals surface area contributed by atoms with E-state index in [0.717, 1.165) is 11.1 Å². The predicted octanol–water partition coefficient (Wildman–Crippen LogP) is 5.99. The molecule has 0 spiro atoms. The van der Waals surface area contributed by atoms with Crippen molar-refractivity contribution in [2.75, 3.05) is 0 Å². The minimum atomic E-state index is -2.86. The fourth-order valence-corrected chi connectivity index (χ4v) is 2.62. The second kappa shape index (κ2) is 12.8. The number of halogens is 4. The Morgan fingerprint density at radius 2 is 0.912 bits per heavy atom. The van der Waals surface area contributed by atoms with Crippen molar-refractivity contribution in [3.05, 3.63) is 95.1 Å². The van der Waals surface area contributed by atoms with Crippen LogP contribution in [0.25, 0.3) is 0 Å². The molecule has 0 aliphatic carbocycles. The molecule has 0 bridgehead atoms.